The molecule has 0 unspecified atom stereocenters. The van der Waals surface area contributed by atoms with E-state index in [9.17, 15) is 18.5 Å². The van der Waals surface area contributed by atoms with Crippen molar-refractivity contribution in [2.24, 2.45) is 0 Å². The van der Waals surface area contributed by atoms with E-state index in [0.717, 1.165) is 32.0 Å². The molecule has 0 atom stereocenters. The molecule has 1 heterocycles. The lowest BCUT2D eigenvalue weighted by molar-refractivity contribution is -0.384. The molecular weight excluding hydrogens is 330 g/mol. The summed E-state index contributed by atoms with van der Waals surface area (Å²) in [6.45, 7) is 1.49. The van der Waals surface area contributed by atoms with E-state index in [1.807, 2.05) is 4.90 Å². The molecule has 0 radical (unpaired) electrons. The molecule has 8 heteroatoms. The first-order valence-corrected chi connectivity index (χ1v) is 9.07. The molecule has 2 aromatic carbocycles. The van der Waals surface area contributed by atoms with Crippen molar-refractivity contribution in [2.45, 2.75) is 17.7 Å². The second kappa shape index (κ2) is 6.48. The molecule has 1 aliphatic heterocycles. The first-order chi connectivity index (χ1) is 11.5. The lowest BCUT2D eigenvalue weighted by Crippen LogP contribution is -2.19. The van der Waals surface area contributed by atoms with Crippen LogP contribution in [0.4, 0.5) is 17.1 Å². The quantitative estimate of drug-likeness (QED) is 0.663. The van der Waals surface area contributed by atoms with Gasteiger partial charge in [0.15, 0.2) is 0 Å². The molecule has 0 aromatic heterocycles. The van der Waals surface area contributed by atoms with Crippen molar-refractivity contribution < 1.29 is 13.3 Å². The number of nitrogens with zero attached hydrogens (tertiary/aromatic N) is 2. The van der Waals surface area contributed by atoms with Crippen molar-refractivity contribution in [3.8, 4) is 0 Å². The van der Waals surface area contributed by atoms with Crippen LogP contribution in [-0.4, -0.2) is 26.4 Å². The summed E-state index contributed by atoms with van der Waals surface area (Å²) in [5.74, 6) is 0. The maximum atomic E-state index is 12.5. The largest absolute Gasteiger partial charge is 0.366 e. The summed E-state index contributed by atoms with van der Waals surface area (Å²) in [5.41, 5.74) is 0.688. The molecule has 0 amide bonds. The van der Waals surface area contributed by atoms with E-state index in [1.54, 1.807) is 30.3 Å². The Balaban J connectivity index is 1.96. The van der Waals surface area contributed by atoms with Crippen LogP contribution in [0, 0.1) is 10.1 Å². The fourth-order valence-corrected chi connectivity index (χ4v) is 3.84. The molecule has 1 N–H and O–H groups in total. The van der Waals surface area contributed by atoms with Gasteiger partial charge in [0.1, 0.15) is 5.69 Å². The number of nitrogens with one attached hydrogen (secondary N) is 1. The van der Waals surface area contributed by atoms with E-state index in [1.165, 1.54) is 12.1 Å². The second-order valence-electron chi connectivity index (χ2n) is 5.57. The van der Waals surface area contributed by atoms with E-state index in [4.69, 9.17) is 0 Å². The van der Waals surface area contributed by atoms with Gasteiger partial charge in [0.05, 0.1) is 9.82 Å². The maximum absolute atomic E-state index is 12.5. The number of anilines is 2. The van der Waals surface area contributed by atoms with Gasteiger partial charge in [-0.1, -0.05) is 18.2 Å². The fraction of sp³-hybridized carbons (Fsp3) is 0.250. The van der Waals surface area contributed by atoms with Gasteiger partial charge in [-0.2, -0.15) is 0 Å². The van der Waals surface area contributed by atoms with E-state index in [2.05, 4.69) is 4.72 Å². The molecule has 1 saturated heterocycles. The molecule has 7 nitrogen and oxygen atoms in total. The van der Waals surface area contributed by atoms with Crippen LogP contribution in [-0.2, 0) is 10.0 Å². The predicted molar refractivity (Wildman–Crippen MR) is 91.8 cm³/mol. The van der Waals surface area contributed by atoms with Crippen LogP contribution in [0.3, 0.4) is 0 Å². The van der Waals surface area contributed by atoms with Gasteiger partial charge >= 0.3 is 0 Å². The Morgan fingerprint density at radius 3 is 2.33 bits per heavy atom. The van der Waals surface area contributed by atoms with Gasteiger partial charge in [0.25, 0.3) is 15.7 Å². The minimum Gasteiger partial charge on any atom is -0.366 e. The van der Waals surface area contributed by atoms with Crippen LogP contribution in [0.25, 0.3) is 0 Å². The molecule has 24 heavy (non-hydrogen) atoms. The highest BCUT2D eigenvalue weighted by atomic mass is 32.2. The molecule has 1 aliphatic rings. The van der Waals surface area contributed by atoms with Gasteiger partial charge in [-0.15, -0.1) is 0 Å². The van der Waals surface area contributed by atoms with E-state index in [0.29, 0.717) is 11.4 Å². The van der Waals surface area contributed by atoms with Crippen molar-refractivity contribution in [1.29, 1.82) is 0 Å². The molecule has 0 spiro atoms. The molecule has 126 valence electrons. The Morgan fingerprint density at radius 1 is 1.04 bits per heavy atom. The van der Waals surface area contributed by atoms with Crippen LogP contribution in [0.2, 0.25) is 0 Å². The lowest BCUT2D eigenvalue weighted by Gasteiger charge is -2.18. The Kier molecular flexibility index (Phi) is 4.39. The number of hydrogen-bond donors (Lipinski definition) is 1. The summed E-state index contributed by atoms with van der Waals surface area (Å²) < 4.78 is 27.3. The number of nitro groups is 1. The number of sulfonamides is 1. The number of nitro benzene ring substituents is 1. The summed E-state index contributed by atoms with van der Waals surface area (Å²) in [7, 11) is -3.88. The summed E-state index contributed by atoms with van der Waals surface area (Å²) in [5, 5.41) is 11.4. The van der Waals surface area contributed by atoms with Gasteiger partial charge in [-0.25, -0.2) is 8.42 Å². The molecular formula is C16H17N3O4S. The van der Waals surface area contributed by atoms with Crippen LogP contribution < -0.4 is 9.62 Å². The van der Waals surface area contributed by atoms with Gasteiger partial charge < -0.3 is 4.90 Å². The zero-order valence-electron chi connectivity index (χ0n) is 12.9. The SMILES string of the molecule is O=[N+]([O-])c1cc(S(=O)(=O)Nc2ccccc2)ccc1N1CCCC1. The first kappa shape index (κ1) is 16.3. The van der Waals surface area contributed by atoms with Gasteiger partial charge in [-0.3, -0.25) is 14.8 Å². The van der Waals surface area contributed by atoms with Gasteiger partial charge in [0, 0.05) is 24.8 Å². The van der Waals surface area contributed by atoms with Crippen LogP contribution in [0.15, 0.2) is 53.4 Å². The molecule has 0 aliphatic carbocycles. The second-order valence-corrected chi connectivity index (χ2v) is 7.26. The monoisotopic (exact) mass is 347 g/mol. The van der Waals surface area contributed by atoms with Gasteiger partial charge in [0.2, 0.25) is 0 Å². The Labute approximate surface area is 140 Å². The Hall–Kier alpha value is -2.61. The van der Waals surface area contributed by atoms with Crippen LogP contribution in [0.5, 0.6) is 0 Å². The van der Waals surface area contributed by atoms with Crippen molar-refractivity contribution in [1.82, 2.24) is 0 Å². The average Bonchev–Trinajstić information content (AvgIpc) is 3.09. The predicted octanol–water partition coefficient (Wildman–Crippen LogP) is 3.00. The maximum Gasteiger partial charge on any atom is 0.293 e. The highest BCUT2D eigenvalue weighted by molar-refractivity contribution is 7.92. The molecule has 1 fully saturated rings. The Bertz CT molecular complexity index is 847. The standard InChI is InChI=1S/C16H17N3O4S/c20-19(21)16-12-14(8-9-15(16)18-10-4-5-11-18)24(22,23)17-13-6-2-1-3-7-13/h1-3,6-9,12,17H,4-5,10-11H2. The zero-order chi connectivity index (χ0) is 17.2. The molecule has 3 rings (SSSR count). The van der Waals surface area contributed by atoms with E-state index >= 15 is 0 Å². The number of rotatable bonds is 5. The number of hydrogen-bond acceptors (Lipinski definition) is 5. The van der Waals surface area contributed by atoms with Crippen molar-refractivity contribution in [2.75, 3.05) is 22.7 Å². The molecule has 2 aromatic rings. The smallest absolute Gasteiger partial charge is 0.293 e. The number of benzene rings is 2. The lowest BCUT2D eigenvalue weighted by atomic mass is 10.2. The minimum atomic E-state index is -3.88. The van der Waals surface area contributed by atoms with Gasteiger partial charge in [-0.05, 0) is 37.1 Å². The summed E-state index contributed by atoms with van der Waals surface area (Å²) in [4.78, 5) is 12.6. The normalized spacial score (nSPS) is 14.6. The van der Waals surface area contributed by atoms with Crippen molar-refractivity contribution in [3.05, 3.63) is 58.6 Å². The minimum absolute atomic E-state index is 0.124. The molecule has 0 saturated carbocycles. The summed E-state index contributed by atoms with van der Waals surface area (Å²) >= 11 is 0. The highest BCUT2D eigenvalue weighted by Gasteiger charge is 2.25. The van der Waals surface area contributed by atoms with E-state index < -0.39 is 14.9 Å². The zero-order valence-corrected chi connectivity index (χ0v) is 13.7. The summed E-state index contributed by atoms with van der Waals surface area (Å²) in [6.07, 6.45) is 1.96. The fourth-order valence-electron chi connectivity index (χ4n) is 2.76. The third kappa shape index (κ3) is 3.33. The van der Waals surface area contributed by atoms with Crippen LogP contribution >= 0.6 is 0 Å². The van der Waals surface area contributed by atoms with Crippen LogP contribution in [0.1, 0.15) is 12.8 Å². The highest BCUT2D eigenvalue weighted by Crippen LogP contribution is 2.33. The number of para-hydroxylation sites is 1. The summed E-state index contributed by atoms with van der Waals surface area (Å²) in [6, 6.07) is 12.5. The van der Waals surface area contributed by atoms with Crippen molar-refractivity contribution >= 4 is 27.1 Å². The first-order valence-electron chi connectivity index (χ1n) is 7.59. The van der Waals surface area contributed by atoms with Crippen molar-refractivity contribution in [3.63, 3.8) is 0 Å². The third-order valence-corrected chi connectivity index (χ3v) is 5.31. The average molecular weight is 347 g/mol. The topological polar surface area (TPSA) is 92.5 Å². The molecule has 0 bridgehead atoms. The van der Waals surface area contributed by atoms with E-state index in [-0.39, 0.29) is 10.6 Å². The Morgan fingerprint density at radius 2 is 1.71 bits per heavy atom. The third-order valence-electron chi connectivity index (χ3n) is 3.93.